The molecule has 0 atom stereocenters. The van der Waals surface area contributed by atoms with Crippen LogP contribution in [0.2, 0.25) is 0 Å². The van der Waals surface area contributed by atoms with Crippen LogP contribution in [0.4, 0.5) is 0 Å². The van der Waals surface area contributed by atoms with Crippen LogP contribution in [0.5, 0.6) is 11.5 Å². The summed E-state index contributed by atoms with van der Waals surface area (Å²) in [5.41, 5.74) is 1.01. The smallest absolute Gasteiger partial charge is 0.340 e. The van der Waals surface area contributed by atoms with E-state index < -0.39 is 5.97 Å². The Labute approximate surface area is 143 Å². The molecule has 6 heteroatoms. The largest absolute Gasteiger partial charge is 0.457 e. The highest BCUT2D eigenvalue weighted by Gasteiger charge is 2.17. The number of pyridine rings is 1. The van der Waals surface area contributed by atoms with E-state index in [2.05, 4.69) is 0 Å². The van der Waals surface area contributed by atoms with Crippen molar-refractivity contribution in [3.05, 3.63) is 70.1 Å². The number of hydrogen-bond donors (Lipinski definition) is 0. The van der Waals surface area contributed by atoms with E-state index in [9.17, 15) is 9.59 Å². The summed E-state index contributed by atoms with van der Waals surface area (Å²) >= 11 is 0. The van der Waals surface area contributed by atoms with Gasteiger partial charge in [-0.1, -0.05) is 24.3 Å². The van der Waals surface area contributed by atoms with Crippen molar-refractivity contribution in [2.45, 2.75) is 6.61 Å². The minimum absolute atomic E-state index is 0.104. The number of nitrogens with zero attached hydrogens (tertiary/aromatic N) is 1. The summed E-state index contributed by atoms with van der Waals surface area (Å²) in [5.74, 6) is 0.838. The molecule has 0 radical (unpaired) electrons. The molecule has 2 aromatic carbocycles. The van der Waals surface area contributed by atoms with E-state index in [4.69, 9.17) is 14.2 Å². The predicted molar refractivity (Wildman–Crippen MR) is 90.9 cm³/mol. The fourth-order valence-electron chi connectivity index (χ4n) is 2.84. The fourth-order valence-corrected chi connectivity index (χ4v) is 2.84. The number of ether oxygens (including phenoxy) is 3. The third-order valence-corrected chi connectivity index (χ3v) is 4.12. The van der Waals surface area contributed by atoms with Crippen molar-refractivity contribution in [3.8, 4) is 11.5 Å². The quantitative estimate of drug-likeness (QED) is 0.687. The van der Waals surface area contributed by atoms with Crippen molar-refractivity contribution in [2.24, 2.45) is 7.05 Å². The molecule has 4 rings (SSSR count). The molecule has 0 unspecified atom stereocenters. The predicted octanol–water partition coefficient (Wildman–Crippen LogP) is 2.62. The topological polar surface area (TPSA) is 66.8 Å². The molecule has 1 aliphatic rings. The first-order valence-corrected chi connectivity index (χ1v) is 7.77. The number of carbonyl (C=O) groups is 1. The Bertz CT molecular complexity index is 1040. The van der Waals surface area contributed by atoms with Gasteiger partial charge < -0.3 is 18.8 Å². The maximum absolute atomic E-state index is 12.5. The first-order chi connectivity index (χ1) is 12.1. The summed E-state index contributed by atoms with van der Waals surface area (Å²) in [6.07, 6.45) is 1.51. The standard InChI is InChI=1S/C19H15NO5/c1-20-9-15(13-4-2-3-5-14(13)18(20)21)19(22)23-10-12-6-7-16-17(8-12)25-11-24-16/h2-9H,10-11H2,1H3. The van der Waals surface area contributed by atoms with E-state index in [-0.39, 0.29) is 19.0 Å². The van der Waals surface area contributed by atoms with E-state index >= 15 is 0 Å². The van der Waals surface area contributed by atoms with Crippen molar-refractivity contribution in [2.75, 3.05) is 6.79 Å². The summed E-state index contributed by atoms with van der Waals surface area (Å²) in [5, 5.41) is 1.07. The van der Waals surface area contributed by atoms with Gasteiger partial charge >= 0.3 is 5.97 Å². The molecule has 2 heterocycles. The van der Waals surface area contributed by atoms with E-state index in [1.165, 1.54) is 10.8 Å². The van der Waals surface area contributed by atoms with Gasteiger partial charge in [-0.05, 0) is 23.8 Å². The van der Waals surface area contributed by atoms with Crippen molar-refractivity contribution in [1.82, 2.24) is 4.57 Å². The zero-order valence-corrected chi connectivity index (χ0v) is 13.5. The molecular formula is C19H15NO5. The Morgan fingerprint density at radius 1 is 1.12 bits per heavy atom. The highest BCUT2D eigenvalue weighted by Crippen LogP contribution is 2.32. The van der Waals surface area contributed by atoms with Crippen LogP contribution in [-0.4, -0.2) is 17.3 Å². The summed E-state index contributed by atoms with van der Waals surface area (Å²) < 4.78 is 17.4. The average molecular weight is 337 g/mol. The molecule has 0 spiro atoms. The van der Waals surface area contributed by atoms with Gasteiger partial charge in [0.05, 0.1) is 5.56 Å². The monoisotopic (exact) mass is 337 g/mol. The SMILES string of the molecule is Cn1cc(C(=O)OCc2ccc3c(c2)OCO3)c2ccccc2c1=O. The van der Waals surface area contributed by atoms with Crippen LogP contribution in [0.25, 0.3) is 10.8 Å². The van der Waals surface area contributed by atoms with Crippen molar-refractivity contribution in [3.63, 3.8) is 0 Å². The minimum atomic E-state index is -0.482. The normalized spacial score (nSPS) is 12.4. The lowest BCUT2D eigenvalue weighted by Crippen LogP contribution is -2.19. The molecule has 0 saturated heterocycles. The Kier molecular flexibility index (Phi) is 3.65. The zero-order valence-electron chi connectivity index (χ0n) is 13.5. The lowest BCUT2D eigenvalue weighted by molar-refractivity contribution is 0.0474. The number of carbonyl (C=O) groups excluding carboxylic acids is 1. The molecule has 0 bridgehead atoms. The Balaban J connectivity index is 1.60. The van der Waals surface area contributed by atoms with Crippen molar-refractivity contribution < 1.29 is 19.0 Å². The van der Waals surface area contributed by atoms with Crippen LogP contribution < -0.4 is 15.0 Å². The van der Waals surface area contributed by atoms with Gasteiger partial charge in [0, 0.05) is 24.0 Å². The van der Waals surface area contributed by atoms with Gasteiger partial charge in [-0.3, -0.25) is 4.79 Å². The zero-order chi connectivity index (χ0) is 17.4. The Morgan fingerprint density at radius 3 is 2.72 bits per heavy atom. The van der Waals surface area contributed by atoms with Crippen LogP contribution in [-0.2, 0) is 18.4 Å². The molecule has 1 aliphatic heterocycles. The van der Waals surface area contributed by atoms with Gasteiger partial charge in [-0.2, -0.15) is 0 Å². The maximum atomic E-state index is 12.5. The third-order valence-electron chi connectivity index (χ3n) is 4.12. The molecule has 126 valence electrons. The second-order valence-corrected chi connectivity index (χ2v) is 5.77. The number of fused-ring (bicyclic) bond motifs is 2. The first-order valence-electron chi connectivity index (χ1n) is 7.77. The number of aryl methyl sites for hydroxylation is 1. The van der Waals surface area contributed by atoms with Gasteiger partial charge in [-0.25, -0.2) is 4.79 Å². The lowest BCUT2D eigenvalue weighted by atomic mass is 10.1. The first kappa shape index (κ1) is 15.3. The highest BCUT2D eigenvalue weighted by atomic mass is 16.7. The van der Waals surface area contributed by atoms with Crippen LogP contribution in [0, 0.1) is 0 Å². The number of esters is 1. The maximum Gasteiger partial charge on any atom is 0.340 e. The Hall–Kier alpha value is -3.28. The number of benzene rings is 2. The van der Waals surface area contributed by atoms with Crippen LogP contribution in [0.3, 0.4) is 0 Å². The van der Waals surface area contributed by atoms with Gasteiger partial charge in [0.15, 0.2) is 11.5 Å². The van der Waals surface area contributed by atoms with E-state index in [0.29, 0.717) is 27.8 Å². The minimum Gasteiger partial charge on any atom is -0.457 e. The average Bonchev–Trinajstić information content (AvgIpc) is 3.10. The molecule has 1 aromatic heterocycles. The molecule has 0 fully saturated rings. The summed E-state index contributed by atoms with van der Waals surface area (Å²) in [4.78, 5) is 24.7. The molecule has 3 aromatic rings. The molecule has 0 amide bonds. The summed E-state index contributed by atoms with van der Waals surface area (Å²) in [6, 6.07) is 12.4. The van der Waals surface area contributed by atoms with Gasteiger partial charge in [0.2, 0.25) is 6.79 Å². The molecule has 6 nitrogen and oxygen atoms in total. The highest BCUT2D eigenvalue weighted by molar-refractivity contribution is 6.03. The molecule has 0 aliphatic carbocycles. The molecule has 0 N–H and O–H groups in total. The summed E-state index contributed by atoms with van der Waals surface area (Å²) in [6.45, 7) is 0.301. The third kappa shape index (κ3) is 2.71. The molecular weight excluding hydrogens is 322 g/mol. The summed E-state index contributed by atoms with van der Waals surface area (Å²) in [7, 11) is 1.61. The molecule has 0 saturated carbocycles. The molecule has 25 heavy (non-hydrogen) atoms. The fraction of sp³-hybridized carbons (Fsp3) is 0.158. The Morgan fingerprint density at radius 2 is 1.88 bits per heavy atom. The van der Waals surface area contributed by atoms with Gasteiger partial charge in [0.1, 0.15) is 6.61 Å². The van der Waals surface area contributed by atoms with Crippen LogP contribution in [0.15, 0.2) is 53.5 Å². The van der Waals surface area contributed by atoms with Crippen LogP contribution in [0.1, 0.15) is 15.9 Å². The lowest BCUT2D eigenvalue weighted by Gasteiger charge is -2.10. The second kappa shape index (κ2) is 5.98. The number of rotatable bonds is 3. The van der Waals surface area contributed by atoms with E-state index in [0.717, 1.165) is 5.56 Å². The second-order valence-electron chi connectivity index (χ2n) is 5.77. The van der Waals surface area contributed by atoms with Crippen molar-refractivity contribution in [1.29, 1.82) is 0 Å². The van der Waals surface area contributed by atoms with Gasteiger partial charge in [-0.15, -0.1) is 0 Å². The van der Waals surface area contributed by atoms with E-state index in [1.54, 1.807) is 43.4 Å². The van der Waals surface area contributed by atoms with Crippen LogP contribution >= 0.6 is 0 Å². The van der Waals surface area contributed by atoms with Gasteiger partial charge in [0.25, 0.3) is 5.56 Å². The number of aromatic nitrogens is 1. The number of hydrogen-bond acceptors (Lipinski definition) is 5. The van der Waals surface area contributed by atoms with E-state index in [1.807, 2.05) is 6.07 Å². The van der Waals surface area contributed by atoms with Crippen molar-refractivity contribution >= 4 is 16.7 Å².